The molecule has 3 N–H and O–H groups in total. The number of nitrogens with two attached hydrogens (primary N) is 1. The first-order chi connectivity index (χ1) is 13.9. The number of nitrogen functional groups attached to an aromatic ring is 1. The maximum absolute atomic E-state index is 13.3. The van der Waals surface area contributed by atoms with E-state index in [1.807, 2.05) is 13.8 Å². The van der Waals surface area contributed by atoms with E-state index in [4.69, 9.17) is 5.73 Å². The third-order valence-electron chi connectivity index (χ3n) is 5.22. The monoisotopic (exact) mass is 402 g/mol. The molecule has 1 aliphatic rings. The molecule has 7 nitrogen and oxygen atoms in total. The van der Waals surface area contributed by atoms with Crippen molar-refractivity contribution in [2.45, 2.75) is 58.5 Å². The first-order valence-corrected chi connectivity index (χ1v) is 10.1. The van der Waals surface area contributed by atoms with Gasteiger partial charge in [0, 0.05) is 13.1 Å². The number of anilines is 2. The maximum Gasteiger partial charge on any atom is 0.332 e. The van der Waals surface area contributed by atoms with Crippen LogP contribution in [0.5, 0.6) is 0 Å². The largest absolute Gasteiger partial charge is 0.383 e. The van der Waals surface area contributed by atoms with Gasteiger partial charge in [-0.2, -0.15) is 0 Å². The number of hydrogen-bond donors (Lipinski definition) is 2. The van der Waals surface area contributed by atoms with Gasteiger partial charge in [-0.1, -0.05) is 26.0 Å². The Balaban J connectivity index is 2.01. The lowest BCUT2D eigenvalue weighted by Crippen LogP contribution is -2.43. The van der Waals surface area contributed by atoms with Crippen LogP contribution < -0.4 is 22.3 Å². The second-order valence-corrected chi connectivity index (χ2v) is 7.51. The summed E-state index contributed by atoms with van der Waals surface area (Å²) in [5.41, 5.74) is 5.69. The Bertz CT molecular complexity index is 1010. The van der Waals surface area contributed by atoms with Crippen molar-refractivity contribution in [1.82, 2.24) is 9.13 Å². The van der Waals surface area contributed by atoms with E-state index in [1.54, 1.807) is 12.1 Å². The third kappa shape index (κ3) is 4.26. The van der Waals surface area contributed by atoms with Crippen molar-refractivity contribution in [3.05, 3.63) is 56.5 Å². The summed E-state index contributed by atoms with van der Waals surface area (Å²) in [6, 6.07) is 5.83. The first-order valence-electron chi connectivity index (χ1n) is 10.1. The van der Waals surface area contributed by atoms with Gasteiger partial charge in [0.05, 0.1) is 5.92 Å². The van der Waals surface area contributed by atoms with Crippen LogP contribution in [0, 0.1) is 11.7 Å². The number of aromatic nitrogens is 2. The zero-order valence-corrected chi connectivity index (χ0v) is 16.8. The zero-order valence-electron chi connectivity index (χ0n) is 16.8. The number of amides is 1. The van der Waals surface area contributed by atoms with Gasteiger partial charge in [-0.25, -0.2) is 9.18 Å². The van der Waals surface area contributed by atoms with Crippen molar-refractivity contribution in [2.24, 2.45) is 5.92 Å². The van der Waals surface area contributed by atoms with E-state index in [2.05, 4.69) is 5.32 Å². The number of nitrogens with zero attached hydrogens (tertiary/aromatic N) is 2. The number of nitrogens with one attached hydrogen (secondary N) is 1. The van der Waals surface area contributed by atoms with Crippen LogP contribution in [0.25, 0.3) is 0 Å². The van der Waals surface area contributed by atoms with Crippen molar-refractivity contribution in [3.8, 4) is 0 Å². The molecule has 1 unspecified atom stereocenters. The molecule has 1 aliphatic carbocycles. The highest BCUT2D eigenvalue weighted by Gasteiger charge is 2.38. The van der Waals surface area contributed by atoms with Crippen LogP contribution in [0.1, 0.15) is 51.0 Å². The van der Waals surface area contributed by atoms with Crippen LogP contribution in [-0.4, -0.2) is 15.0 Å². The minimum atomic E-state index is -0.594. The molecular formula is C21H27FN4O3. The van der Waals surface area contributed by atoms with E-state index in [9.17, 15) is 18.8 Å². The Kier molecular flexibility index (Phi) is 6.20. The topological polar surface area (TPSA) is 99.1 Å². The molecular weight excluding hydrogens is 375 g/mol. The summed E-state index contributed by atoms with van der Waals surface area (Å²) in [7, 11) is 0. The summed E-state index contributed by atoms with van der Waals surface area (Å²) >= 11 is 0. The number of benzene rings is 1. The van der Waals surface area contributed by atoms with Crippen LogP contribution in [0.2, 0.25) is 0 Å². The van der Waals surface area contributed by atoms with Crippen LogP contribution in [-0.2, 0) is 17.9 Å². The number of carbonyl (C=O) groups excluding carboxylic acids is 1. The molecule has 0 bridgehead atoms. The number of halogens is 1. The van der Waals surface area contributed by atoms with Crippen LogP contribution in [0.4, 0.5) is 15.9 Å². The van der Waals surface area contributed by atoms with E-state index in [1.165, 1.54) is 16.7 Å². The van der Waals surface area contributed by atoms with Gasteiger partial charge in [0.15, 0.2) is 0 Å². The molecule has 0 saturated heterocycles. The van der Waals surface area contributed by atoms with Gasteiger partial charge in [-0.3, -0.25) is 18.7 Å². The quantitative estimate of drug-likeness (QED) is 0.709. The second-order valence-electron chi connectivity index (χ2n) is 7.51. The second kappa shape index (κ2) is 8.63. The van der Waals surface area contributed by atoms with Gasteiger partial charge in [-0.15, -0.1) is 0 Å². The normalized spacial score (nSPS) is 14.6. The molecule has 8 heteroatoms. The fourth-order valence-corrected chi connectivity index (χ4v) is 3.63. The summed E-state index contributed by atoms with van der Waals surface area (Å²) in [5, 5.41) is 2.69. The SMILES string of the molecule is CCCn1c(N)c(NC(=O)C(c2ccc(F)cc2)C2CC2)c(=O)n(CCC)c1=O. The molecule has 0 radical (unpaired) electrons. The molecule has 1 atom stereocenters. The highest BCUT2D eigenvalue weighted by molar-refractivity contribution is 5.98. The molecule has 1 aromatic carbocycles. The third-order valence-corrected chi connectivity index (χ3v) is 5.22. The molecule has 1 aromatic heterocycles. The Hall–Kier alpha value is -2.90. The van der Waals surface area contributed by atoms with Crippen LogP contribution in [0.3, 0.4) is 0 Å². The van der Waals surface area contributed by atoms with Gasteiger partial charge in [0.2, 0.25) is 5.91 Å². The molecule has 29 heavy (non-hydrogen) atoms. The van der Waals surface area contributed by atoms with Gasteiger partial charge in [0.1, 0.15) is 17.3 Å². The van der Waals surface area contributed by atoms with E-state index in [0.717, 1.165) is 17.4 Å². The number of carbonyl (C=O) groups is 1. The van der Waals surface area contributed by atoms with E-state index in [-0.39, 0.29) is 35.7 Å². The minimum Gasteiger partial charge on any atom is -0.383 e. The standard InChI is InChI=1S/C21H27FN4O3/c1-3-11-25-18(23)17(20(28)26(12-4-2)21(25)29)24-19(27)16(13-5-6-13)14-7-9-15(22)10-8-14/h7-10,13,16H,3-6,11-12,23H2,1-2H3,(H,24,27). The summed E-state index contributed by atoms with van der Waals surface area (Å²) in [4.78, 5) is 38.6. The highest BCUT2D eigenvalue weighted by Crippen LogP contribution is 2.43. The van der Waals surface area contributed by atoms with Crippen molar-refractivity contribution < 1.29 is 9.18 Å². The zero-order chi connectivity index (χ0) is 21.1. The Morgan fingerprint density at radius 2 is 1.72 bits per heavy atom. The molecule has 2 aromatic rings. The number of rotatable bonds is 8. The smallest absolute Gasteiger partial charge is 0.332 e. The average molecular weight is 402 g/mol. The summed E-state index contributed by atoms with van der Waals surface area (Å²) in [5.74, 6) is -1.13. The summed E-state index contributed by atoms with van der Waals surface area (Å²) in [6.45, 7) is 4.36. The Labute approximate surface area is 168 Å². The molecule has 156 valence electrons. The minimum absolute atomic E-state index is 0.0313. The molecule has 1 fully saturated rings. The fraction of sp³-hybridized carbons (Fsp3) is 0.476. The van der Waals surface area contributed by atoms with Crippen molar-refractivity contribution in [3.63, 3.8) is 0 Å². The molecule has 0 spiro atoms. The molecule has 0 aliphatic heterocycles. The predicted molar refractivity (Wildman–Crippen MR) is 110 cm³/mol. The maximum atomic E-state index is 13.3. The molecule has 1 saturated carbocycles. The first kappa shape index (κ1) is 20.8. The fourth-order valence-electron chi connectivity index (χ4n) is 3.63. The van der Waals surface area contributed by atoms with Gasteiger partial charge < -0.3 is 11.1 Å². The van der Waals surface area contributed by atoms with Gasteiger partial charge in [0.25, 0.3) is 5.56 Å². The lowest BCUT2D eigenvalue weighted by atomic mass is 9.93. The van der Waals surface area contributed by atoms with Gasteiger partial charge in [-0.05, 0) is 49.3 Å². The van der Waals surface area contributed by atoms with Crippen molar-refractivity contribution in [1.29, 1.82) is 0 Å². The molecule has 1 heterocycles. The van der Waals surface area contributed by atoms with Crippen LogP contribution >= 0.6 is 0 Å². The lowest BCUT2D eigenvalue weighted by Gasteiger charge is -2.20. The predicted octanol–water partition coefficient (Wildman–Crippen LogP) is 2.68. The lowest BCUT2D eigenvalue weighted by molar-refractivity contribution is -0.118. The number of hydrogen-bond acceptors (Lipinski definition) is 4. The van der Waals surface area contributed by atoms with Crippen molar-refractivity contribution >= 4 is 17.4 Å². The molecule has 1 amide bonds. The molecule has 3 rings (SSSR count). The van der Waals surface area contributed by atoms with Crippen molar-refractivity contribution in [2.75, 3.05) is 11.1 Å². The van der Waals surface area contributed by atoms with Crippen LogP contribution in [0.15, 0.2) is 33.9 Å². The summed E-state index contributed by atoms with van der Waals surface area (Å²) < 4.78 is 15.7. The highest BCUT2D eigenvalue weighted by atomic mass is 19.1. The van der Waals surface area contributed by atoms with E-state index in [0.29, 0.717) is 24.9 Å². The summed E-state index contributed by atoms with van der Waals surface area (Å²) in [6.07, 6.45) is 3.03. The Morgan fingerprint density at radius 3 is 2.28 bits per heavy atom. The average Bonchev–Trinajstić information content (AvgIpc) is 3.52. The van der Waals surface area contributed by atoms with E-state index < -0.39 is 17.2 Å². The van der Waals surface area contributed by atoms with E-state index >= 15 is 0 Å². The van der Waals surface area contributed by atoms with Gasteiger partial charge >= 0.3 is 5.69 Å². The Morgan fingerprint density at radius 1 is 1.14 bits per heavy atom.